The second kappa shape index (κ2) is 8.99. The largest absolute Gasteiger partial charge is 0.495 e. The van der Waals surface area contributed by atoms with Crippen molar-refractivity contribution in [1.29, 1.82) is 0 Å². The van der Waals surface area contributed by atoms with E-state index in [9.17, 15) is 13.2 Å². The maximum atomic E-state index is 12.6. The fourth-order valence-electron chi connectivity index (χ4n) is 2.79. The molecule has 2 aromatic rings. The molecule has 158 valence electrons. The summed E-state index contributed by atoms with van der Waals surface area (Å²) in [6, 6.07) is 3.07. The van der Waals surface area contributed by atoms with Gasteiger partial charge >= 0.3 is 0 Å². The number of ether oxygens (including phenoxy) is 3. The van der Waals surface area contributed by atoms with E-state index in [0.29, 0.717) is 35.4 Å². The molecular weight excluding hydrogens is 424 g/mol. The fourth-order valence-corrected chi connectivity index (χ4v) is 4.38. The van der Waals surface area contributed by atoms with Crippen LogP contribution in [-0.2, 0) is 26.1 Å². The Hall–Kier alpha value is -2.34. The lowest BCUT2D eigenvalue weighted by Crippen LogP contribution is -2.40. The SMILES string of the molecule is COc1cc(OC)c(NC(=O)Cn2cnc(S(=O)(=O)N3CCOCC3)c2)cc1Cl. The van der Waals surface area contributed by atoms with Crippen molar-refractivity contribution >= 4 is 33.2 Å². The third-order valence-corrected chi connectivity index (χ3v) is 6.34. The molecule has 0 atom stereocenters. The number of hydrogen-bond donors (Lipinski definition) is 1. The van der Waals surface area contributed by atoms with Gasteiger partial charge in [0.05, 0.1) is 44.5 Å². The van der Waals surface area contributed by atoms with Crippen molar-refractivity contribution < 1.29 is 27.4 Å². The number of rotatable bonds is 7. The molecule has 10 nitrogen and oxygen atoms in total. The van der Waals surface area contributed by atoms with Gasteiger partial charge in [0.1, 0.15) is 18.0 Å². The van der Waals surface area contributed by atoms with Crippen LogP contribution in [0.3, 0.4) is 0 Å². The highest BCUT2D eigenvalue weighted by molar-refractivity contribution is 7.89. The van der Waals surface area contributed by atoms with Gasteiger partial charge < -0.3 is 24.1 Å². The molecule has 1 aliphatic heterocycles. The van der Waals surface area contributed by atoms with Crippen molar-refractivity contribution in [2.24, 2.45) is 0 Å². The number of aromatic nitrogens is 2. The summed E-state index contributed by atoms with van der Waals surface area (Å²) in [5, 5.41) is 2.88. The van der Waals surface area contributed by atoms with Crippen molar-refractivity contribution in [1.82, 2.24) is 13.9 Å². The molecule has 1 aromatic heterocycles. The molecule has 0 spiro atoms. The molecule has 12 heteroatoms. The Morgan fingerprint density at radius 1 is 1.24 bits per heavy atom. The first-order valence-corrected chi connectivity index (χ1v) is 10.5. The second-order valence-corrected chi connectivity index (χ2v) is 8.43. The summed E-state index contributed by atoms with van der Waals surface area (Å²) >= 11 is 6.10. The highest BCUT2D eigenvalue weighted by atomic mass is 35.5. The van der Waals surface area contributed by atoms with E-state index in [-0.39, 0.29) is 24.7 Å². The first-order chi connectivity index (χ1) is 13.8. The third-order valence-electron chi connectivity index (χ3n) is 4.26. The summed E-state index contributed by atoms with van der Waals surface area (Å²) in [6.45, 7) is 1.09. The Bertz CT molecular complexity index is 988. The van der Waals surface area contributed by atoms with Gasteiger partial charge in [-0.2, -0.15) is 4.31 Å². The zero-order chi connectivity index (χ0) is 21.0. The number of nitrogens with zero attached hydrogens (tertiary/aromatic N) is 3. The Kier molecular flexibility index (Phi) is 6.63. The minimum absolute atomic E-state index is 0.114. The van der Waals surface area contributed by atoms with E-state index < -0.39 is 15.9 Å². The standard InChI is InChI=1S/C17H21ClN4O6S/c1-26-14-8-15(27-2)13(7-12(14)18)20-16(23)9-21-10-17(19-11-21)29(24,25)22-3-5-28-6-4-22/h7-8,10-11H,3-6,9H2,1-2H3,(H,20,23). The van der Waals surface area contributed by atoms with Gasteiger partial charge in [0.15, 0.2) is 5.03 Å². The van der Waals surface area contributed by atoms with E-state index in [0.717, 1.165) is 0 Å². The van der Waals surface area contributed by atoms with Gasteiger partial charge in [-0.25, -0.2) is 13.4 Å². The molecule has 2 heterocycles. The lowest BCUT2D eigenvalue weighted by molar-refractivity contribution is -0.116. The topological polar surface area (TPSA) is 112 Å². The quantitative estimate of drug-likeness (QED) is 0.683. The van der Waals surface area contributed by atoms with Crippen LogP contribution >= 0.6 is 11.6 Å². The summed E-state index contributed by atoms with van der Waals surface area (Å²) < 4.78 is 43.5. The second-order valence-electron chi connectivity index (χ2n) is 6.14. The van der Waals surface area contributed by atoms with Crippen molar-refractivity contribution in [2.45, 2.75) is 11.6 Å². The number of halogens is 1. The van der Waals surface area contributed by atoms with Crippen LogP contribution in [0.4, 0.5) is 5.69 Å². The molecule has 1 aromatic carbocycles. The Balaban J connectivity index is 1.70. The van der Waals surface area contributed by atoms with Crippen LogP contribution < -0.4 is 14.8 Å². The predicted octanol–water partition coefficient (Wildman–Crippen LogP) is 1.21. The number of amides is 1. The third kappa shape index (κ3) is 4.81. The molecule has 1 fully saturated rings. The van der Waals surface area contributed by atoms with Crippen LogP contribution in [0, 0.1) is 0 Å². The first kappa shape index (κ1) is 21.4. The van der Waals surface area contributed by atoms with E-state index in [2.05, 4.69) is 10.3 Å². The summed E-state index contributed by atoms with van der Waals surface area (Å²) in [5.74, 6) is 0.382. The molecule has 0 radical (unpaired) electrons. The summed E-state index contributed by atoms with van der Waals surface area (Å²) in [6.07, 6.45) is 2.62. The minimum atomic E-state index is -3.72. The summed E-state index contributed by atoms with van der Waals surface area (Å²) in [7, 11) is -0.793. The molecule has 3 rings (SSSR count). The highest BCUT2D eigenvalue weighted by Gasteiger charge is 2.28. The number of nitrogens with one attached hydrogen (secondary N) is 1. The Morgan fingerprint density at radius 3 is 2.59 bits per heavy atom. The van der Waals surface area contributed by atoms with Crippen LogP contribution in [0.5, 0.6) is 11.5 Å². The number of morpholine rings is 1. The molecule has 0 aliphatic carbocycles. The number of hydrogen-bond acceptors (Lipinski definition) is 7. The molecule has 1 aliphatic rings. The zero-order valence-corrected chi connectivity index (χ0v) is 17.5. The van der Waals surface area contributed by atoms with Crippen LogP contribution in [0.2, 0.25) is 5.02 Å². The van der Waals surface area contributed by atoms with Gasteiger partial charge in [0, 0.05) is 25.4 Å². The van der Waals surface area contributed by atoms with Crippen molar-refractivity contribution in [3.63, 3.8) is 0 Å². The smallest absolute Gasteiger partial charge is 0.262 e. The van der Waals surface area contributed by atoms with Crippen LogP contribution in [0.25, 0.3) is 0 Å². The van der Waals surface area contributed by atoms with Gasteiger partial charge in [0.2, 0.25) is 5.91 Å². The van der Waals surface area contributed by atoms with E-state index in [1.54, 1.807) is 6.07 Å². The molecule has 0 unspecified atom stereocenters. The van der Waals surface area contributed by atoms with E-state index >= 15 is 0 Å². The lowest BCUT2D eigenvalue weighted by atomic mass is 10.2. The number of carbonyl (C=O) groups is 1. The molecule has 1 saturated heterocycles. The number of imidazole rings is 1. The summed E-state index contributed by atoms with van der Waals surface area (Å²) in [4.78, 5) is 16.4. The number of sulfonamides is 1. The molecular formula is C17H21ClN4O6S. The molecule has 1 N–H and O–H groups in total. The molecule has 0 bridgehead atoms. The van der Waals surface area contributed by atoms with Gasteiger partial charge in [0.25, 0.3) is 10.0 Å². The van der Waals surface area contributed by atoms with Crippen LogP contribution in [-0.4, -0.2) is 68.7 Å². The number of carbonyl (C=O) groups excluding carboxylic acids is 1. The van der Waals surface area contributed by atoms with Crippen molar-refractivity contribution in [3.05, 3.63) is 29.7 Å². The maximum Gasteiger partial charge on any atom is 0.262 e. The minimum Gasteiger partial charge on any atom is -0.495 e. The van der Waals surface area contributed by atoms with Crippen molar-refractivity contribution in [3.8, 4) is 11.5 Å². The zero-order valence-electron chi connectivity index (χ0n) is 15.9. The Labute approximate surface area is 173 Å². The average Bonchev–Trinajstić information content (AvgIpc) is 3.18. The van der Waals surface area contributed by atoms with Gasteiger partial charge in [-0.3, -0.25) is 4.79 Å². The molecule has 0 saturated carbocycles. The number of methoxy groups -OCH3 is 2. The number of benzene rings is 1. The molecule has 29 heavy (non-hydrogen) atoms. The summed E-state index contributed by atoms with van der Waals surface area (Å²) in [5.41, 5.74) is 0.365. The van der Waals surface area contributed by atoms with Gasteiger partial charge in [-0.15, -0.1) is 0 Å². The van der Waals surface area contributed by atoms with Gasteiger partial charge in [-0.05, 0) is 6.07 Å². The molecule has 1 amide bonds. The first-order valence-electron chi connectivity index (χ1n) is 8.66. The number of anilines is 1. The lowest BCUT2D eigenvalue weighted by Gasteiger charge is -2.24. The average molecular weight is 445 g/mol. The monoisotopic (exact) mass is 444 g/mol. The van der Waals surface area contributed by atoms with Gasteiger partial charge in [-0.1, -0.05) is 11.6 Å². The van der Waals surface area contributed by atoms with E-state index in [4.69, 9.17) is 25.8 Å². The normalized spacial score (nSPS) is 15.1. The van der Waals surface area contributed by atoms with Crippen molar-refractivity contribution in [2.75, 3.05) is 45.8 Å². The predicted molar refractivity (Wildman–Crippen MR) is 105 cm³/mol. The fraction of sp³-hybridized carbons (Fsp3) is 0.412. The van der Waals surface area contributed by atoms with Crippen LogP contribution in [0.1, 0.15) is 0 Å². The van der Waals surface area contributed by atoms with E-state index in [1.807, 2.05) is 0 Å². The van der Waals surface area contributed by atoms with Crippen LogP contribution in [0.15, 0.2) is 29.7 Å². The van der Waals surface area contributed by atoms with E-state index in [1.165, 1.54) is 41.7 Å². The Morgan fingerprint density at radius 2 is 1.93 bits per heavy atom. The highest BCUT2D eigenvalue weighted by Crippen LogP contribution is 2.35. The maximum absolute atomic E-state index is 12.6.